The van der Waals surface area contributed by atoms with Crippen LogP contribution in [-0.4, -0.2) is 4.98 Å². The highest BCUT2D eigenvalue weighted by molar-refractivity contribution is 7.99. The topological polar surface area (TPSA) is 38.9 Å². The molecule has 0 bridgehead atoms. The molecule has 1 heterocycles. The first-order chi connectivity index (χ1) is 7.30. The van der Waals surface area contributed by atoms with Gasteiger partial charge in [-0.3, -0.25) is 5.14 Å². The first-order valence-electron chi connectivity index (χ1n) is 4.35. The van der Waals surface area contributed by atoms with Crippen molar-refractivity contribution in [3.8, 4) is 0 Å². The van der Waals surface area contributed by atoms with E-state index in [9.17, 15) is 0 Å². The van der Waals surface area contributed by atoms with E-state index in [2.05, 4.69) is 18.1 Å². The minimum Gasteiger partial charge on any atom is -0.272 e. The Bertz CT molecular complexity index is 529. The Hall–Kier alpha value is -1.10. The van der Waals surface area contributed by atoms with Gasteiger partial charge in [-0.15, -0.1) is 11.3 Å². The molecule has 0 fully saturated rings. The molecular weight excluding hydrogens is 224 g/mol. The molecule has 2 nitrogen and oxygen atoms in total. The smallest absolute Gasteiger partial charge is 0.165 e. The van der Waals surface area contributed by atoms with Crippen molar-refractivity contribution in [3.05, 3.63) is 36.4 Å². The van der Waals surface area contributed by atoms with E-state index in [1.807, 2.05) is 24.3 Å². The zero-order chi connectivity index (χ0) is 10.8. The van der Waals surface area contributed by atoms with E-state index in [4.69, 9.17) is 5.14 Å². The minimum absolute atomic E-state index is 0.870. The number of nitrogens with zero attached hydrogens (tertiary/aromatic N) is 1. The van der Waals surface area contributed by atoms with Crippen molar-refractivity contribution in [3.63, 3.8) is 0 Å². The molecule has 2 aromatic rings. The summed E-state index contributed by atoms with van der Waals surface area (Å²) in [6.45, 7) is 7.57. The molecule has 0 aliphatic carbocycles. The Morgan fingerprint density at radius 1 is 1.33 bits per heavy atom. The van der Waals surface area contributed by atoms with E-state index < -0.39 is 0 Å². The average Bonchev–Trinajstić information content (AvgIpc) is 2.70. The summed E-state index contributed by atoms with van der Waals surface area (Å²) in [7, 11) is 0. The summed E-state index contributed by atoms with van der Waals surface area (Å²) in [6, 6.07) is 4.06. The molecule has 0 unspecified atom stereocenters. The number of fused-ring (bicyclic) bond motifs is 1. The molecule has 0 atom stereocenters. The number of aromatic nitrogens is 1. The van der Waals surface area contributed by atoms with Crippen molar-refractivity contribution >= 4 is 45.7 Å². The number of hydrogen-bond donors (Lipinski definition) is 1. The van der Waals surface area contributed by atoms with Gasteiger partial charge in [0.1, 0.15) is 0 Å². The Labute approximate surface area is 96.7 Å². The Kier molecular flexibility index (Phi) is 2.90. The number of thiazole rings is 1. The fourth-order valence-electron chi connectivity index (χ4n) is 1.45. The highest BCUT2D eigenvalue weighted by atomic mass is 32.2. The summed E-state index contributed by atoms with van der Waals surface area (Å²) in [4.78, 5) is 4.45. The molecule has 0 aliphatic heterocycles. The summed E-state index contributed by atoms with van der Waals surface area (Å²) >= 11 is 2.77. The summed E-state index contributed by atoms with van der Waals surface area (Å²) in [5.74, 6) is 0. The highest BCUT2D eigenvalue weighted by Crippen LogP contribution is 2.31. The van der Waals surface area contributed by atoms with Gasteiger partial charge in [-0.25, -0.2) is 4.98 Å². The van der Waals surface area contributed by atoms with Crippen LogP contribution in [0.3, 0.4) is 0 Å². The summed E-state index contributed by atoms with van der Waals surface area (Å²) in [5.41, 5.74) is 3.04. The van der Waals surface area contributed by atoms with Crippen LogP contribution in [0.15, 0.2) is 29.6 Å². The lowest BCUT2D eigenvalue weighted by Crippen LogP contribution is -1.83. The largest absolute Gasteiger partial charge is 0.272 e. The molecule has 0 aliphatic rings. The lowest BCUT2D eigenvalue weighted by Gasteiger charge is -2.00. The monoisotopic (exact) mass is 234 g/mol. The standard InChI is InChI=1S/C11H10N2S2/c1-3-7-5-6-9-10(8(7)4-2)13-11(14-9)15-12/h3-6H,1-2,12H2. The maximum absolute atomic E-state index is 5.49. The van der Waals surface area contributed by atoms with E-state index >= 15 is 0 Å². The van der Waals surface area contributed by atoms with Gasteiger partial charge in [-0.05, 0) is 23.6 Å². The number of nitrogens with two attached hydrogens (primary N) is 1. The molecule has 2 N–H and O–H groups in total. The minimum atomic E-state index is 0.870. The third-order valence-corrected chi connectivity index (χ3v) is 3.79. The van der Waals surface area contributed by atoms with Crippen molar-refractivity contribution in [1.82, 2.24) is 4.98 Å². The Balaban J connectivity index is 2.79. The molecular formula is C11H10N2S2. The zero-order valence-corrected chi connectivity index (χ0v) is 9.70. The van der Waals surface area contributed by atoms with E-state index in [1.54, 1.807) is 11.3 Å². The quantitative estimate of drug-likeness (QED) is 0.825. The first-order valence-corrected chi connectivity index (χ1v) is 6.05. The number of benzene rings is 1. The zero-order valence-electron chi connectivity index (χ0n) is 8.06. The van der Waals surface area contributed by atoms with E-state index in [-0.39, 0.29) is 0 Å². The highest BCUT2D eigenvalue weighted by Gasteiger charge is 2.08. The molecule has 2 rings (SSSR count). The molecule has 4 heteroatoms. The molecule has 76 valence electrons. The van der Waals surface area contributed by atoms with Crippen molar-refractivity contribution in [2.75, 3.05) is 0 Å². The van der Waals surface area contributed by atoms with Gasteiger partial charge < -0.3 is 0 Å². The van der Waals surface area contributed by atoms with Gasteiger partial charge >= 0.3 is 0 Å². The lowest BCUT2D eigenvalue weighted by atomic mass is 10.1. The molecule has 0 amide bonds. The summed E-state index contributed by atoms with van der Waals surface area (Å²) in [5, 5.41) is 5.49. The second-order valence-electron chi connectivity index (χ2n) is 2.92. The number of hydrogen-bond acceptors (Lipinski definition) is 4. The lowest BCUT2D eigenvalue weighted by molar-refractivity contribution is 1.30. The average molecular weight is 234 g/mol. The summed E-state index contributed by atoms with van der Waals surface area (Å²) in [6.07, 6.45) is 3.62. The second-order valence-corrected chi connectivity index (χ2v) is 4.83. The van der Waals surface area contributed by atoms with Gasteiger partial charge in [0.2, 0.25) is 0 Å². The molecule has 0 saturated carbocycles. The predicted molar refractivity (Wildman–Crippen MR) is 69.8 cm³/mol. The fourth-order valence-corrected chi connectivity index (χ4v) is 2.77. The van der Waals surface area contributed by atoms with Crippen molar-refractivity contribution < 1.29 is 0 Å². The Morgan fingerprint density at radius 3 is 2.73 bits per heavy atom. The second kappa shape index (κ2) is 4.18. The van der Waals surface area contributed by atoms with Gasteiger partial charge in [-0.1, -0.05) is 31.4 Å². The predicted octanol–water partition coefficient (Wildman–Crippen LogP) is 3.55. The van der Waals surface area contributed by atoms with Gasteiger partial charge in [0.05, 0.1) is 10.2 Å². The van der Waals surface area contributed by atoms with Gasteiger partial charge in [0.25, 0.3) is 0 Å². The maximum atomic E-state index is 5.49. The third kappa shape index (κ3) is 1.71. The molecule has 0 saturated heterocycles. The SMILES string of the molecule is C=Cc1ccc2sc(SN)nc2c1C=C. The van der Waals surface area contributed by atoms with Gasteiger partial charge in [0.15, 0.2) is 4.34 Å². The maximum Gasteiger partial charge on any atom is 0.165 e. The van der Waals surface area contributed by atoms with Gasteiger partial charge in [-0.2, -0.15) is 0 Å². The van der Waals surface area contributed by atoms with E-state index in [1.165, 1.54) is 11.9 Å². The van der Waals surface area contributed by atoms with Crippen molar-refractivity contribution in [2.45, 2.75) is 4.34 Å². The van der Waals surface area contributed by atoms with Crippen molar-refractivity contribution in [2.24, 2.45) is 5.14 Å². The summed E-state index contributed by atoms with van der Waals surface area (Å²) < 4.78 is 2.00. The first kappa shape index (κ1) is 10.4. The van der Waals surface area contributed by atoms with Gasteiger partial charge in [0, 0.05) is 5.56 Å². The van der Waals surface area contributed by atoms with Crippen molar-refractivity contribution in [1.29, 1.82) is 0 Å². The van der Waals surface area contributed by atoms with Crippen LogP contribution >= 0.6 is 23.3 Å². The molecule has 1 aromatic carbocycles. The fraction of sp³-hybridized carbons (Fsp3) is 0. The molecule has 1 aromatic heterocycles. The normalized spacial score (nSPS) is 10.5. The molecule has 0 spiro atoms. The van der Waals surface area contributed by atoms with Crippen LogP contribution in [0.1, 0.15) is 11.1 Å². The van der Waals surface area contributed by atoms with Crippen LogP contribution in [0, 0.1) is 0 Å². The van der Waals surface area contributed by atoms with Crippen LogP contribution in [0.25, 0.3) is 22.4 Å². The molecule has 0 radical (unpaired) electrons. The van der Waals surface area contributed by atoms with E-state index in [0.29, 0.717) is 0 Å². The van der Waals surface area contributed by atoms with Crippen LogP contribution < -0.4 is 5.14 Å². The van der Waals surface area contributed by atoms with Crippen LogP contribution in [0.2, 0.25) is 0 Å². The Morgan fingerprint density at radius 2 is 2.13 bits per heavy atom. The number of rotatable bonds is 3. The molecule has 15 heavy (non-hydrogen) atoms. The van der Waals surface area contributed by atoms with Crippen LogP contribution in [0.4, 0.5) is 0 Å². The third-order valence-electron chi connectivity index (χ3n) is 2.14. The van der Waals surface area contributed by atoms with Crippen LogP contribution in [0.5, 0.6) is 0 Å². The van der Waals surface area contributed by atoms with Crippen LogP contribution in [-0.2, 0) is 0 Å². The van der Waals surface area contributed by atoms with E-state index in [0.717, 1.165) is 25.7 Å².